The normalized spacial score (nSPS) is 15.4. The molecule has 0 spiro atoms. The number of esters is 1. The van der Waals surface area contributed by atoms with Crippen LogP contribution in [0.2, 0.25) is 0 Å². The fourth-order valence-corrected chi connectivity index (χ4v) is 3.19. The van der Waals surface area contributed by atoms with Crippen molar-refractivity contribution in [3.8, 4) is 0 Å². The van der Waals surface area contributed by atoms with E-state index in [9.17, 15) is 14.9 Å². The van der Waals surface area contributed by atoms with Crippen molar-refractivity contribution in [1.82, 2.24) is 20.2 Å². The quantitative estimate of drug-likeness (QED) is 0.399. The lowest BCUT2D eigenvalue weighted by atomic mass is 9.95. The van der Waals surface area contributed by atoms with E-state index in [1.54, 1.807) is 19.1 Å². The zero-order chi connectivity index (χ0) is 20.4. The topological polar surface area (TPSA) is 125 Å². The molecule has 0 amide bonds. The first-order valence-electron chi connectivity index (χ1n) is 8.75. The first-order valence-corrected chi connectivity index (χ1v) is 8.75. The number of anilines is 1. The van der Waals surface area contributed by atoms with Gasteiger partial charge in [0, 0.05) is 17.8 Å². The van der Waals surface area contributed by atoms with Gasteiger partial charge in [-0.3, -0.25) is 10.1 Å². The van der Waals surface area contributed by atoms with E-state index in [2.05, 4.69) is 20.8 Å². The summed E-state index contributed by atoms with van der Waals surface area (Å²) >= 11 is 0. The lowest BCUT2D eigenvalue weighted by molar-refractivity contribution is -0.384. The maximum Gasteiger partial charge on any atom is 0.338 e. The molecule has 1 N–H and O–H groups in total. The molecule has 0 saturated carbocycles. The van der Waals surface area contributed by atoms with Crippen molar-refractivity contribution in [3.63, 3.8) is 0 Å². The van der Waals surface area contributed by atoms with E-state index in [0.29, 0.717) is 17.2 Å². The van der Waals surface area contributed by atoms with E-state index in [1.165, 1.54) is 16.8 Å². The number of rotatable bonds is 5. The third-order valence-corrected chi connectivity index (χ3v) is 4.54. The molecule has 29 heavy (non-hydrogen) atoms. The van der Waals surface area contributed by atoms with Gasteiger partial charge in [-0.1, -0.05) is 47.6 Å². The van der Waals surface area contributed by atoms with Crippen molar-refractivity contribution in [2.75, 3.05) is 5.32 Å². The largest absolute Gasteiger partial charge is 0.457 e. The van der Waals surface area contributed by atoms with Crippen molar-refractivity contribution in [2.24, 2.45) is 0 Å². The SMILES string of the molecule is CC1=C(C(=O)OCc2ccccc2)[C@@H](c2cccc([N+](=O)[O-])c2)n2nnnc2N1. The fraction of sp³-hybridized carbons (Fsp3) is 0.158. The number of nitro groups is 1. The summed E-state index contributed by atoms with van der Waals surface area (Å²) < 4.78 is 6.91. The van der Waals surface area contributed by atoms with Gasteiger partial charge in [-0.2, -0.15) is 4.68 Å². The van der Waals surface area contributed by atoms with Crippen LogP contribution in [0.3, 0.4) is 0 Å². The van der Waals surface area contributed by atoms with Crippen molar-refractivity contribution < 1.29 is 14.5 Å². The zero-order valence-corrected chi connectivity index (χ0v) is 15.3. The number of carbonyl (C=O) groups is 1. The number of nitro benzene ring substituents is 1. The van der Waals surface area contributed by atoms with Gasteiger partial charge in [0.2, 0.25) is 5.95 Å². The standard InChI is InChI=1S/C19H16N6O4/c1-12-16(18(26)29-11-13-6-3-2-4-7-13)17(24-19(20-12)21-22-23-24)14-8-5-9-15(10-14)25(27)28/h2-10,17H,11H2,1H3,(H,20,21,23)/t17-/m1/s1. The van der Waals surface area contributed by atoms with Gasteiger partial charge in [-0.15, -0.1) is 0 Å². The molecule has 1 aliphatic heterocycles. The van der Waals surface area contributed by atoms with Crippen LogP contribution in [0, 0.1) is 10.1 Å². The second kappa shape index (κ2) is 7.50. The fourth-order valence-electron chi connectivity index (χ4n) is 3.19. The molecule has 0 fully saturated rings. The van der Waals surface area contributed by atoms with Crippen LogP contribution in [-0.4, -0.2) is 31.1 Å². The van der Waals surface area contributed by atoms with E-state index >= 15 is 0 Å². The van der Waals surface area contributed by atoms with Crippen LogP contribution in [0.1, 0.15) is 24.1 Å². The Hall–Kier alpha value is -4.08. The number of hydrogen-bond acceptors (Lipinski definition) is 8. The highest BCUT2D eigenvalue weighted by Crippen LogP contribution is 2.36. The van der Waals surface area contributed by atoms with E-state index in [1.807, 2.05) is 30.3 Å². The summed E-state index contributed by atoms with van der Waals surface area (Å²) in [6.45, 7) is 1.81. The Balaban J connectivity index is 1.71. The van der Waals surface area contributed by atoms with Gasteiger partial charge in [0.25, 0.3) is 5.69 Å². The molecule has 2 heterocycles. The maximum absolute atomic E-state index is 13.0. The average molecular weight is 392 g/mol. The second-order valence-electron chi connectivity index (χ2n) is 6.43. The summed E-state index contributed by atoms with van der Waals surface area (Å²) in [7, 11) is 0. The Morgan fingerprint density at radius 2 is 2.03 bits per heavy atom. The van der Waals surface area contributed by atoms with Crippen LogP contribution in [0.4, 0.5) is 11.6 Å². The van der Waals surface area contributed by atoms with Crippen molar-refractivity contribution >= 4 is 17.6 Å². The third kappa shape index (κ3) is 3.55. The van der Waals surface area contributed by atoms with Crippen LogP contribution in [0.15, 0.2) is 65.9 Å². The molecule has 0 saturated heterocycles. The number of fused-ring (bicyclic) bond motifs is 1. The molecule has 0 unspecified atom stereocenters. The van der Waals surface area contributed by atoms with Crippen LogP contribution in [-0.2, 0) is 16.1 Å². The molecule has 146 valence electrons. The summed E-state index contributed by atoms with van der Waals surface area (Å²) in [4.78, 5) is 23.7. The van der Waals surface area contributed by atoms with E-state index in [0.717, 1.165) is 5.56 Å². The lowest BCUT2D eigenvalue weighted by Crippen LogP contribution is -2.29. The molecule has 1 atom stereocenters. The molecule has 4 rings (SSSR count). The van der Waals surface area contributed by atoms with Gasteiger partial charge >= 0.3 is 5.97 Å². The number of nitrogens with one attached hydrogen (secondary N) is 1. The molecule has 1 aliphatic rings. The highest BCUT2D eigenvalue weighted by atomic mass is 16.6. The van der Waals surface area contributed by atoms with Crippen LogP contribution in [0.25, 0.3) is 0 Å². The number of benzene rings is 2. The first kappa shape index (κ1) is 18.3. The summed E-state index contributed by atoms with van der Waals surface area (Å²) in [6.07, 6.45) is 0. The first-order chi connectivity index (χ1) is 14.0. The number of aromatic nitrogens is 4. The molecule has 0 radical (unpaired) electrons. The third-order valence-electron chi connectivity index (χ3n) is 4.54. The van der Waals surface area contributed by atoms with Gasteiger partial charge in [-0.25, -0.2) is 4.79 Å². The van der Waals surface area contributed by atoms with Gasteiger partial charge in [0.15, 0.2) is 0 Å². The Morgan fingerprint density at radius 3 is 2.79 bits per heavy atom. The molecule has 1 aromatic heterocycles. The number of ether oxygens (including phenoxy) is 1. The molecule has 2 aromatic carbocycles. The number of carbonyl (C=O) groups excluding carboxylic acids is 1. The predicted octanol–water partition coefficient (Wildman–Crippen LogP) is 2.61. The Bertz CT molecular complexity index is 1110. The van der Waals surface area contributed by atoms with Crippen LogP contribution < -0.4 is 5.32 Å². The minimum Gasteiger partial charge on any atom is -0.457 e. The predicted molar refractivity (Wildman–Crippen MR) is 102 cm³/mol. The van der Waals surface area contributed by atoms with Gasteiger partial charge < -0.3 is 10.1 Å². The summed E-state index contributed by atoms with van der Waals surface area (Å²) in [5, 5.41) is 25.7. The summed E-state index contributed by atoms with van der Waals surface area (Å²) in [5.74, 6) is -0.227. The van der Waals surface area contributed by atoms with Gasteiger partial charge in [-0.05, 0) is 28.5 Å². The molecule has 0 aliphatic carbocycles. The molecular formula is C19H16N6O4. The van der Waals surface area contributed by atoms with Crippen LogP contribution >= 0.6 is 0 Å². The Kier molecular flexibility index (Phi) is 4.73. The Labute approximate surface area is 165 Å². The average Bonchev–Trinajstić information content (AvgIpc) is 3.19. The number of allylic oxidation sites excluding steroid dienone is 1. The van der Waals surface area contributed by atoms with Crippen LogP contribution in [0.5, 0.6) is 0 Å². The highest BCUT2D eigenvalue weighted by molar-refractivity contribution is 5.92. The minimum absolute atomic E-state index is 0.0923. The summed E-state index contributed by atoms with van der Waals surface area (Å²) in [6, 6.07) is 14.6. The molecular weight excluding hydrogens is 376 g/mol. The van der Waals surface area contributed by atoms with Crippen molar-refractivity contribution in [2.45, 2.75) is 19.6 Å². The van der Waals surface area contributed by atoms with E-state index in [-0.39, 0.29) is 17.9 Å². The number of non-ortho nitro benzene ring substituents is 1. The highest BCUT2D eigenvalue weighted by Gasteiger charge is 2.35. The number of nitrogens with zero attached hydrogens (tertiary/aromatic N) is 5. The Morgan fingerprint density at radius 1 is 1.24 bits per heavy atom. The molecule has 3 aromatic rings. The minimum atomic E-state index is -0.760. The lowest BCUT2D eigenvalue weighted by Gasteiger charge is -2.27. The van der Waals surface area contributed by atoms with Crippen molar-refractivity contribution in [1.29, 1.82) is 0 Å². The monoisotopic (exact) mass is 392 g/mol. The molecule has 10 heteroatoms. The van der Waals surface area contributed by atoms with E-state index < -0.39 is 16.9 Å². The second-order valence-corrected chi connectivity index (χ2v) is 6.43. The molecule has 10 nitrogen and oxygen atoms in total. The number of hydrogen-bond donors (Lipinski definition) is 1. The molecule has 0 bridgehead atoms. The maximum atomic E-state index is 13.0. The number of tetrazole rings is 1. The smallest absolute Gasteiger partial charge is 0.338 e. The summed E-state index contributed by atoms with van der Waals surface area (Å²) in [5.41, 5.74) is 2.05. The van der Waals surface area contributed by atoms with E-state index in [4.69, 9.17) is 4.74 Å². The zero-order valence-electron chi connectivity index (χ0n) is 15.3. The van der Waals surface area contributed by atoms with Gasteiger partial charge in [0.05, 0.1) is 10.5 Å². The van der Waals surface area contributed by atoms with Crippen molar-refractivity contribution in [3.05, 3.63) is 87.1 Å². The van der Waals surface area contributed by atoms with Gasteiger partial charge in [0.1, 0.15) is 12.6 Å².